The smallest absolute Gasteiger partial charge is 0.309 e. The van der Waals surface area contributed by atoms with Gasteiger partial charge in [-0.3, -0.25) is 19.3 Å². The van der Waals surface area contributed by atoms with Crippen molar-refractivity contribution in [1.82, 2.24) is 4.90 Å². The van der Waals surface area contributed by atoms with Crippen LogP contribution >= 0.6 is 0 Å². The minimum Gasteiger partial charge on any atom is -0.458 e. The van der Waals surface area contributed by atoms with E-state index in [1.165, 1.54) is 10.5 Å². The van der Waals surface area contributed by atoms with Crippen LogP contribution in [0.4, 0.5) is 0 Å². The zero-order valence-corrected chi connectivity index (χ0v) is 19.7. The molecule has 0 unspecified atom stereocenters. The van der Waals surface area contributed by atoms with Gasteiger partial charge < -0.3 is 4.74 Å². The fourth-order valence-electron chi connectivity index (χ4n) is 6.69. The van der Waals surface area contributed by atoms with E-state index in [4.69, 9.17) is 4.74 Å². The van der Waals surface area contributed by atoms with Gasteiger partial charge >= 0.3 is 5.97 Å². The largest absolute Gasteiger partial charge is 0.458 e. The topological polar surface area (TPSA) is 87.5 Å². The molecule has 5 aliphatic rings. The minimum absolute atomic E-state index is 0.0101. The first-order valence-corrected chi connectivity index (χ1v) is 12.7. The molecule has 1 aliphatic heterocycles. The van der Waals surface area contributed by atoms with Gasteiger partial charge in [-0.2, -0.15) is 5.26 Å². The summed E-state index contributed by atoms with van der Waals surface area (Å²) in [7, 11) is 0. The number of amides is 2. The maximum absolute atomic E-state index is 13.1. The van der Waals surface area contributed by atoms with Crippen LogP contribution in [0.2, 0.25) is 0 Å². The molecule has 1 heterocycles. The second kappa shape index (κ2) is 8.42. The number of ether oxygens (including phenoxy) is 1. The van der Waals surface area contributed by atoms with Crippen LogP contribution in [0, 0.1) is 46.3 Å². The van der Waals surface area contributed by atoms with Crippen LogP contribution in [-0.4, -0.2) is 35.3 Å². The summed E-state index contributed by atoms with van der Waals surface area (Å²) in [5, 5.41) is 9.23. The lowest BCUT2D eigenvalue weighted by molar-refractivity contribution is -0.156. The summed E-state index contributed by atoms with van der Waals surface area (Å²) in [6, 6.07) is 2.30. The Kier molecular flexibility index (Phi) is 5.71. The number of hydrogen-bond acceptors (Lipinski definition) is 5. The summed E-state index contributed by atoms with van der Waals surface area (Å²) in [5.74, 6) is 0.357. The second-order valence-electron chi connectivity index (χ2n) is 11.1. The number of nitrogens with zero attached hydrogens (tertiary/aromatic N) is 2. The van der Waals surface area contributed by atoms with E-state index >= 15 is 0 Å². The van der Waals surface area contributed by atoms with Crippen molar-refractivity contribution < 1.29 is 19.1 Å². The molecule has 0 aromatic carbocycles. The second-order valence-corrected chi connectivity index (χ2v) is 11.1. The van der Waals surface area contributed by atoms with Gasteiger partial charge in [0.25, 0.3) is 5.91 Å². The molecular formula is C27H34N2O4. The molecule has 5 atom stereocenters. The maximum Gasteiger partial charge on any atom is 0.309 e. The van der Waals surface area contributed by atoms with Gasteiger partial charge in [0.1, 0.15) is 6.10 Å². The van der Waals surface area contributed by atoms with Crippen molar-refractivity contribution in [1.29, 1.82) is 5.26 Å². The van der Waals surface area contributed by atoms with Crippen molar-refractivity contribution in [2.75, 3.05) is 6.54 Å². The van der Waals surface area contributed by atoms with Crippen molar-refractivity contribution in [3.63, 3.8) is 0 Å². The van der Waals surface area contributed by atoms with Crippen molar-refractivity contribution >= 4 is 17.8 Å². The first-order valence-electron chi connectivity index (χ1n) is 12.7. The number of carbonyl (C=O) groups excluding carboxylic acids is 3. The number of fused-ring (bicyclic) bond motifs is 3. The lowest BCUT2D eigenvalue weighted by atomic mass is 9.51. The predicted octanol–water partition coefficient (Wildman–Crippen LogP) is 4.32. The van der Waals surface area contributed by atoms with E-state index in [1.807, 2.05) is 0 Å². The van der Waals surface area contributed by atoms with E-state index in [0.29, 0.717) is 25.3 Å². The molecule has 5 rings (SSSR count). The summed E-state index contributed by atoms with van der Waals surface area (Å²) in [6.45, 7) is 4.74. The van der Waals surface area contributed by atoms with Crippen LogP contribution in [0.25, 0.3) is 0 Å². The van der Waals surface area contributed by atoms with E-state index < -0.39 is 0 Å². The number of nitriles is 1. The van der Waals surface area contributed by atoms with Crippen LogP contribution in [0.5, 0.6) is 0 Å². The number of carbonyl (C=O) groups is 3. The van der Waals surface area contributed by atoms with Crippen molar-refractivity contribution in [3.05, 3.63) is 23.3 Å². The molecule has 0 saturated heterocycles. The highest BCUT2D eigenvalue weighted by Crippen LogP contribution is 2.58. The first-order chi connectivity index (χ1) is 15.8. The summed E-state index contributed by atoms with van der Waals surface area (Å²) in [6.07, 6.45) is 10.8. The minimum atomic E-state index is -0.326. The molecule has 176 valence electrons. The van der Waals surface area contributed by atoms with Crippen LogP contribution in [-0.2, 0) is 19.1 Å². The number of allylic oxidation sites excluding steroid dienone is 2. The summed E-state index contributed by atoms with van der Waals surface area (Å²) >= 11 is 0. The Balaban J connectivity index is 1.49. The summed E-state index contributed by atoms with van der Waals surface area (Å²) in [4.78, 5) is 40.0. The zero-order chi connectivity index (χ0) is 23.3. The average Bonchev–Trinajstić information content (AvgIpc) is 3.66. The van der Waals surface area contributed by atoms with Gasteiger partial charge in [0.15, 0.2) is 0 Å². The normalized spacial score (nSPS) is 35.9. The van der Waals surface area contributed by atoms with Crippen LogP contribution < -0.4 is 0 Å². The van der Waals surface area contributed by atoms with Crippen molar-refractivity contribution in [3.8, 4) is 6.07 Å². The van der Waals surface area contributed by atoms with E-state index in [-0.39, 0.29) is 53.0 Å². The van der Waals surface area contributed by atoms with E-state index in [0.717, 1.165) is 50.5 Å². The van der Waals surface area contributed by atoms with Gasteiger partial charge in [-0.25, -0.2) is 0 Å². The van der Waals surface area contributed by atoms with Crippen molar-refractivity contribution in [2.24, 2.45) is 35.0 Å². The predicted molar refractivity (Wildman–Crippen MR) is 121 cm³/mol. The molecular weight excluding hydrogens is 416 g/mol. The van der Waals surface area contributed by atoms with Gasteiger partial charge in [0.05, 0.1) is 12.0 Å². The number of imide groups is 1. The van der Waals surface area contributed by atoms with E-state index in [2.05, 4.69) is 26.0 Å². The van der Waals surface area contributed by atoms with E-state index in [1.54, 1.807) is 6.08 Å². The Hall–Kier alpha value is -2.42. The zero-order valence-electron chi connectivity index (χ0n) is 19.7. The molecule has 0 N–H and O–H groups in total. The van der Waals surface area contributed by atoms with Crippen LogP contribution in [0.3, 0.4) is 0 Å². The van der Waals surface area contributed by atoms with Gasteiger partial charge in [-0.1, -0.05) is 18.1 Å². The molecule has 2 amide bonds. The van der Waals surface area contributed by atoms with Gasteiger partial charge in [0.2, 0.25) is 5.91 Å². The number of hydrogen-bond donors (Lipinski definition) is 0. The highest BCUT2D eigenvalue weighted by atomic mass is 16.5. The Labute approximate surface area is 196 Å². The molecule has 0 spiro atoms. The molecule has 0 aromatic rings. The van der Waals surface area contributed by atoms with Gasteiger partial charge in [-0.05, 0) is 81.6 Å². The monoisotopic (exact) mass is 450 g/mol. The lowest BCUT2D eigenvalue weighted by Crippen LogP contribution is -2.51. The molecule has 4 aliphatic carbocycles. The molecule has 6 heteroatoms. The van der Waals surface area contributed by atoms with Gasteiger partial charge in [0, 0.05) is 30.9 Å². The standard InChI is InChI=1S/C27H34N2O4/c1-16-14-22(33-26(32)18-7-8-18)24-21(20(16)4-3-12-28)10-9-19-15-23(30)29(13-11-27(19,24)2)25(31)17-5-6-17/h14-15,17-18,20-22,24H,3-11,13H2,1-2H3/t20-,21+,22-,24-,27+/m1/s1. The third-order valence-corrected chi connectivity index (χ3v) is 8.90. The Morgan fingerprint density at radius 2 is 1.94 bits per heavy atom. The summed E-state index contributed by atoms with van der Waals surface area (Å²) in [5.41, 5.74) is 1.99. The van der Waals surface area contributed by atoms with Gasteiger partial charge in [-0.15, -0.1) is 0 Å². The first kappa shape index (κ1) is 22.4. The highest BCUT2D eigenvalue weighted by Gasteiger charge is 2.55. The highest BCUT2D eigenvalue weighted by molar-refractivity contribution is 6.03. The molecule has 3 fully saturated rings. The number of rotatable bonds is 5. The third-order valence-electron chi connectivity index (χ3n) is 8.90. The molecule has 33 heavy (non-hydrogen) atoms. The summed E-state index contributed by atoms with van der Waals surface area (Å²) < 4.78 is 6.14. The fourth-order valence-corrected chi connectivity index (χ4v) is 6.69. The molecule has 0 bridgehead atoms. The molecule has 0 aromatic heterocycles. The quantitative estimate of drug-likeness (QED) is 0.354. The lowest BCUT2D eigenvalue weighted by Gasteiger charge is -2.54. The Morgan fingerprint density at radius 1 is 1.21 bits per heavy atom. The average molecular weight is 451 g/mol. The fraction of sp³-hybridized carbons (Fsp3) is 0.704. The van der Waals surface area contributed by atoms with Crippen molar-refractivity contribution in [2.45, 2.75) is 77.7 Å². The van der Waals surface area contributed by atoms with Crippen LogP contribution in [0.15, 0.2) is 23.3 Å². The Bertz CT molecular complexity index is 967. The molecule has 3 saturated carbocycles. The molecule has 6 nitrogen and oxygen atoms in total. The third kappa shape index (κ3) is 4.05. The number of esters is 1. The van der Waals surface area contributed by atoms with Crippen LogP contribution in [0.1, 0.15) is 71.6 Å². The maximum atomic E-state index is 13.1. The Morgan fingerprint density at radius 3 is 2.61 bits per heavy atom. The molecule has 0 radical (unpaired) electrons. The SMILES string of the molecule is CC1=C[C@@H](OC(=O)C2CC2)[C@H]2[C@@H](CCC3=CC(=O)N(C(=O)C4CC4)CC[C@@]32C)[C@@H]1CCC#N. The van der Waals surface area contributed by atoms with E-state index in [9.17, 15) is 19.6 Å².